The van der Waals surface area contributed by atoms with Crippen LogP contribution in [-0.4, -0.2) is 63.2 Å². The molecule has 1 aromatic heterocycles. The van der Waals surface area contributed by atoms with E-state index in [1.807, 2.05) is 32.4 Å². The molecular formula is C26H35ClFN5O3. The number of hydrogen-bond acceptors (Lipinski definition) is 5. The number of aliphatic hydroxyl groups is 1. The van der Waals surface area contributed by atoms with Crippen LogP contribution in [0.1, 0.15) is 62.6 Å². The molecule has 0 spiro atoms. The van der Waals surface area contributed by atoms with Gasteiger partial charge in [0.2, 0.25) is 5.91 Å². The van der Waals surface area contributed by atoms with Gasteiger partial charge in [-0.25, -0.2) is 9.37 Å². The van der Waals surface area contributed by atoms with Crippen LogP contribution in [0.4, 0.5) is 4.39 Å². The largest absolute Gasteiger partial charge is 0.391 e. The number of nitrogens with one attached hydrogen (secondary N) is 2. The summed E-state index contributed by atoms with van der Waals surface area (Å²) in [5.74, 6) is -0.967. The van der Waals surface area contributed by atoms with Crippen molar-refractivity contribution in [2.45, 2.75) is 77.7 Å². The smallest absolute Gasteiger partial charge is 0.272 e. The number of aliphatic hydroxyl groups excluding tert-OH is 1. The molecule has 1 aliphatic carbocycles. The third-order valence-electron chi connectivity index (χ3n) is 7.01. The summed E-state index contributed by atoms with van der Waals surface area (Å²) in [6.45, 7) is 7.46. The second-order valence-electron chi connectivity index (χ2n) is 11.0. The highest BCUT2D eigenvalue weighted by atomic mass is 35.5. The molecule has 2 aromatic rings. The third kappa shape index (κ3) is 5.58. The average molecular weight is 520 g/mol. The van der Waals surface area contributed by atoms with E-state index in [0.29, 0.717) is 42.5 Å². The van der Waals surface area contributed by atoms with Gasteiger partial charge in [0.05, 0.1) is 23.4 Å². The van der Waals surface area contributed by atoms with Crippen LogP contribution in [0.3, 0.4) is 0 Å². The zero-order valence-corrected chi connectivity index (χ0v) is 22.0. The van der Waals surface area contributed by atoms with Gasteiger partial charge >= 0.3 is 0 Å². The van der Waals surface area contributed by atoms with Crippen molar-refractivity contribution in [2.75, 3.05) is 13.6 Å². The van der Waals surface area contributed by atoms with E-state index in [-0.39, 0.29) is 23.2 Å². The highest BCUT2D eigenvalue weighted by molar-refractivity contribution is 6.30. The van der Waals surface area contributed by atoms with Crippen LogP contribution >= 0.6 is 11.6 Å². The standard InChI is InChI=1S/C26H35ClFN5O3/c1-26(2,3)22(25(36)29-18-7-5-8-20(18)34)31-24(35)21-19-14-32(4)11-6-12-33(19)23(30-21)16-13-15(27)9-10-17(16)28/h9-10,13,18,20,22,34H,5-8,11-12,14H2,1-4H3,(H,29,36)(H,31,35)/t18-,20+,22?/m0/s1. The predicted molar refractivity (Wildman–Crippen MR) is 136 cm³/mol. The van der Waals surface area contributed by atoms with Crippen molar-refractivity contribution in [1.82, 2.24) is 25.1 Å². The van der Waals surface area contributed by atoms with E-state index in [1.165, 1.54) is 18.2 Å². The van der Waals surface area contributed by atoms with E-state index in [2.05, 4.69) is 20.5 Å². The van der Waals surface area contributed by atoms with E-state index >= 15 is 0 Å². The van der Waals surface area contributed by atoms with Gasteiger partial charge in [0.1, 0.15) is 17.7 Å². The van der Waals surface area contributed by atoms with Crippen molar-refractivity contribution in [2.24, 2.45) is 5.41 Å². The van der Waals surface area contributed by atoms with E-state index in [1.54, 1.807) is 0 Å². The molecule has 2 aliphatic rings. The van der Waals surface area contributed by atoms with Gasteiger partial charge in [-0.05, 0) is 62.9 Å². The monoisotopic (exact) mass is 519 g/mol. The fraction of sp³-hybridized carbons (Fsp3) is 0.577. The quantitative estimate of drug-likeness (QED) is 0.562. The molecule has 1 aliphatic heterocycles. The molecule has 0 bridgehead atoms. The number of imidazole rings is 1. The van der Waals surface area contributed by atoms with Crippen molar-refractivity contribution < 1.29 is 19.1 Å². The number of fused-ring (bicyclic) bond motifs is 1. The average Bonchev–Trinajstić information content (AvgIpc) is 3.29. The maximum Gasteiger partial charge on any atom is 0.272 e. The number of benzene rings is 1. The molecular weight excluding hydrogens is 485 g/mol. The van der Waals surface area contributed by atoms with Gasteiger partial charge in [0, 0.05) is 18.1 Å². The minimum Gasteiger partial charge on any atom is -0.391 e. The number of hydrogen-bond donors (Lipinski definition) is 3. The number of nitrogens with zero attached hydrogens (tertiary/aromatic N) is 3. The molecule has 1 unspecified atom stereocenters. The van der Waals surface area contributed by atoms with Crippen molar-refractivity contribution in [3.63, 3.8) is 0 Å². The fourth-order valence-corrected chi connectivity index (χ4v) is 5.20. The van der Waals surface area contributed by atoms with Crippen molar-refractivity contribution in [1.29, 1.82) is 0 Å². The van der Waals surface area contributed by atoms with Crippen molar-refractivity contribution >= 4 is 23.4 Å². The molecule has 8 nitrogen and oxygen atoms in total. The molecule has 4 rings (SSSR count). The van der Waals surface area contributed by atoms with E-state index in [0.717, 1.165) is 19.4 Å². The molecule has 2 amide bonds. The number of carbonyl (C=O) groups excluding carboxylic acids is 2. The molecule has 0 saturated heterocycles. The van der Waals surface area contributed by atoms with Crippen LogP contribution < -0.4 is 10.6 Å². The summed E-state index contributed by atoms with van der Waals surface area (Å²) >= 11 is 6.16. The first-order valence-corrected chi connectivity index (χ1v) is 12.9. The van der Waals surface area contributed by atoms with Gasteiger partial charge in [-0.2, -0.15) is 0 Å². The van der Waals surface area contributed by atoms with Crippen molar-refractivity contribution in [3.8, 4) is 11.4 Å². The molecule has 3 atom stereocenters. The number of halogens is 2. The Hall–Kier alpha value is -2.49. The van der Waals surface area contributed by atoms with Gasteiger partial charge in [-0.3, -0.25) is 9.59 Å². The van der Waals surface area contributed by atoms with Crippen LogP contribution in [0.2, 0.25) is 5.02 Å². The van der Waals surface area contributed by atoms with Crippen LogP contribution in [0, 0.1) is 11.2 Å². The highest BCUT2D eigenvalue weighted by Gasteiger charge is 2.37. The maximum absolute atomic E-state index is 14.8. The Bertz CT molecular complexity index is 1150. The summed E-state index contributed by atoms with van der Waals surface area (Å²) in [7, 11) is 1.96. The zero-order valence-electron chi connectivity index (χ0n) is 21.3. The van der Waals surface area contributed by atoms with Gasteiger partial charge in [0.15, 0.2) is 5.69 Å². The first-order valence-electron chi connectivity index (χ1n) is 12.5. The lowest BCUT2D eigenvalue weighted by Gasteiger charge is -2.31. The second kappa shape index (κ2) is 10.5. The van der Waals surface area contributed by atoms with Crippen LogP contribution in [0.15, 0.2) is 18.2 Å². The summed E-state index contributed by atoms with van der Waals surface area (Å²) in [6, 6.07) is 3.10. The number of aromatic nitrogens is 2. The number of amides is 2. The van der Waals surface area contributed by atoms with Gasteiger partial charge in [-0.1, -0.05) is 32.4 Å². The van der Waals surface area contributed by atoms with Crippen LogP contribution in [0.25, 0.3) is 11.4 Å². The van der Waals surface area contributed by atoms with E-state index in [4.69, 9.17) is 11.6 Å². The lowest BCUT2D eigenvalue weighted by atomic mass is 9.85. The highest BCUT2D eigenvalue weighted by Crippen LogP contribution is 2.30. The summed E-state index contributed by atoms with van der Waals surface area (Å²) < 4.78 is 16.7. The van der Waals surface area contributed by atoms with Gasteiger partial charge < -0.3 is 25.2 Å². The van der Waals surface area contributed by atoms with Crippen LogP contribution in [-0.2, 0) is 17.9 Å². The van der Waals surface area contributed by atoms with Gasteiger partial charge in [0.25, 0.3) is 5.91 Å². The topological polar surface area (TPSA) is 99.5 Å². The van der Waals surface area contributed by atoms with E-state index in [9.17, 15) is 19.1 Å². The Balaban J connectivity index is 1.69. The molecule has 1 saturated carbocycles. The molecule has 10 heteroatoms. The number of carbonyl (C=O) groups is 2. The lowest BCUT2D eigenvalue weighted by Crippen LogP contribution is -2.56. The first-order chi connectivity index (χ1) is 17.0. The summed E-state index contributed by atoms with van der Waals surface area (Å²) in [5.41, 5.74) is 0.466. The third-order valence-corrected chi connectivity index (χ3v) is 7.24. The summed E-state index contributed by atoms with van der Waals surface area (Å²) in [5, 5.41) is 16.3. The molecule has 196 valence electrons. The molecule has 0 radical (unpaired) electrons. The SMILES string of the molecule is CN1CCCn2c(-c3cc(Cl)ccc3F)nc(C(=O)NC(C(=O)N[C@H]3CCC[C@H]3O)C(C)(C)C)c2C1. The van der Waals surface area contributed by atoms with Crippen LogP contribution in [0.5, 0.6) is 0 Å². The molecule has 36 heavy (non-hydrogen) atoms. The Morgan fingerprint density at radius 2 is 1.97 bits per heavy atom. The Morgan fingerprint density at radius 1 is 1.22 bits per heavy atom. The van der Waals surface area contributed by atoms with Gasteiger partial charge in [-0.15, -0.1) is 0 Å². The Labute approximate surface area is 216 Å². The number of rotatable bonds is 5. The Morgan fingerprint density at radius 3 is 2.64 bits per heavy atom. The van der Waals surface area contributed by atoms with Crippen molar-refractivity contribution in [3.05, 3.63) is 40.4 Å². The first kappa shape index (κ1) is 26.6. The molecule has 3 N–H and O–H groups in total. The lowest BCUT2D eigenvalue weighted by molar-refractivity contribution is -0.126. The molecule has 2 heterocycles. The normalized spacial score (nSPS) is 21.5. The molecule has 1 fully saturated rings. The minimum atomic E-state index is -0.856. The fourth-order valence-electron chi connectivity index (χ4n) is 5.03. The Kier molecular flexibility index (Phi) is 7.73. The summed E-state index contributed by atoms with van der Waals surface area (Å²) in [4.78, 5) is 33.6. The van der Waals surface area contributed by atoms with E-state index < -0.39 is 29.3 Å². The zero-order chi connectivity index (χ0) is 26.2. The second-order valence-corrected chi connectivity index (χ2v) is 11.4. The predicted octanol–water partition coefficient (Wildman–Crippen LogP) is 3.35. The minimum absolute atomic E-state index is 0.168. The maximum atomic E-state index is 14.8. The summed E-state index contributed by atoms with van der Waals surface area (Å²) in [6.07, 6.45) is 2.42. The molecule has 1 aromatic carbocycles.